The molecule has 0 spiro atoms. The Morgan fingerprint density at radius 1 is 1.02 bits per heavy atom. The summed E-state index contributed by atoms with van der Waals surface area (Å²) in [5, 5.41) is 39.5. The van der Waals surface area contributed by atoms with Gasteiger partial charge >= 0.3 is 5.12 Å². The van der Waals surface area contributed by atoms with Gasteiger partial charge in [0.25, 0.3) is 5.95 Å². The van der Waals surface area contributed by atoms with Crippen molar-refractivity contribution in [3.63, 3.8) is 0 Å². The van der Waals surface area contributed by atoms with Crippen LogP contribution in [0.5, 0.6) is 5.75 Å². The minimum atomic E-state index is -0.454. The van der Waals surface area contributed by atoms with E-state index in [1.165, 1.54) is 11.8 Å². The Hall–Kier alpha value is -5.33. The summed E-state index contributed by atoms with van der Waals surface area (Å²) in [5.41, 5.74) is 2.33. The Balaban J connectivity index is 0.000000784. The smallest absolute Gasteiger partial charge is 0.301 e. The van der Waals surface area contributed by atoms with E-state index in [4.69, 9.17) is 28.5 Å². The number of halogens is 2. The zero-order valence-electron chi connectivity index (χ0n) is 27.1. The molecule has 17 nitrogen and oxygen atoms in total. The summed E-state index contributed by atoms with van der Waals surface area (Å²) in [5.74, 6) is 4.55. The van der Waals surface area contributed by atoms with Crippen LogP contribution in [-0.4, -0.2) is 57.5 Å². The fraction of sp³-hybridized carbons (Fsp3) is 0.0645. The van der Waals surface area contributed by atoms with Gasteiger partial charge in [0.1, 0.15) is 23.4 Å². The van der Waals surface area contributed by atoms with Crippen molar-refractivity contribution in [1.29, 1.82) is 0 Å². The first-order valence-corrected chi connectivity index (χ1v) is 17.6. The Bertz CT molecular complexity index is 2280. The number of aliphatic imine (C=N–C) groups is 1. The van der Waals surface area contributed by atoms with Crippen LogP contribution in [0.2, 0.25) is 10.6 Å². The number of terminal acetylenes is 1. The van der Waals surface area contributed by atoms with Gasteiger partial charge in [-0.1, -0.05) is 23.4 Å². The monoisotopic (exact) mass is 813 g/mol. The van der Waals surface area contributed by atoms with Gasteiger partial charge in [-0.25, -0.2) is 5.26 Å². The molecule has 2 aromatic heterocycles. The van der Waals surface area contributed by atoms with E-state index in [0.717, 1.165) is 6.26 Å². The molecule has 22 heteroatoms. The van der Waals surface area contributed by atoms with E-state index in [1.54, 1.807) is 43.3 Å². The predicted molar refractivity (Wildman–Crippen MR) is 207 cm³/mol. The molecular formula is C31H25Cl2N11O6S3. The van der Waals surface area contributed by atoms with Crippen molar-refractivity contribution in [2.75, 3.05) is 16.9 Å². The van der Waals surface area contributed by atoms with Crippen LogP contribution in [0.4, 0.5) is 40.6 Å². The number of nitrogens with one attached hydrogen (secondary N) is 2. The van der Waals surface area contributed by atoms with Gasteiger partial charge in [-0.2, -0.15) is 34.9 Å². The zero-order valence-corrected chi connectivity index (χ0v) is 31.1. The highest BCUT2D eigenvalue weighted by molar-refractivity contribution is 8.10. The number of hydrogen-bond acceptors (Lipinski definition) is 20. The van der Waals surface area contributed by atoms with Crippen LogP contribution in [0.15, 0.2) is 87.2 Å². The predicted octanol–water partition coefficient (Wildman–Crippen LogP) is 9.27. The molecule has 4 N–H and O–H groups in total. The maximum atomic E-state index is 11.2. The average molecular weight is 815 g/mol. The number of phenolic OH excluding ortho intramolecular Hbond substituents is 1. The number of carbonyl (C=O) groups is 1. The van der Waals surface area contributed by atoms with Gasteiger partial charge in [0, 0.05) is 18.2 Å². The van der Waals surface area contributed by atoms with Gasteiger partial charge in [0.05, 0.1) is 23.2 Å². The number of aryl methyl sites for hydroxylation is 1. The van der Waals surface area contributed by atoms with Gasteiger partial charge in [-0.05, 0) is 108 Å². The number of aromatic hydroxyl groups is 1. The summed E-state index contributed by atoms with van der Waals surface area (Å²) in [6, 6.07) is 12.0. The standard InChI is InChI=1S/C26H19Cl2N11O4S2.C5H4O2S.H2/c1-4-29-23-32-21(27)33-24(36-23)30-14-5-7-16-13(10-14)9-12(2)19(20(16)40)39-38-17-11-15(6-8-18(17)45-43-42-41)31-25-34-22(28)35-26(37-25)44-3;1-3-5(6)8-7-4-2;/h5-11,40-41H,1H2,2-3H3,(H,30,32,33,36)(H,31,34,35,37);1,4H,2H2;1H. The largest absolute Gasteiger partial charge is 0.505 e. The van der Waals surface area contributed by atoms with Crippen LogP contribution in [0.25, 0.3) is 10.8 Å². The number of hydrogen-bond donors (Lipinski definition) is 4. The topological polar surface area (TPSA) is 224 Å². The van der Waals surface area contributed by atoms with Crippen LogP contribution in [0, 0.1) is 19.3 Å². The molecule has 0 radical (unpaired) electrons. The molecule has 5 rings (SSSR count). The molecule has 0 saturated heterocycles. The summed E-state index contributed by atoms with van der Waals surface area (Å²) in [4.78, 5) is 38.8. The molecule has 272 valence electrons. The highest BCUT2D eigenvalue weighted by Gasteiger charge is 2.14. The normalized spacial score (nSPS) is 10.5. The number of azo groups is 1. The molecule has 0 aliphatic heterocycles. The number of phenols is 1. The first-order chi connectivity index (χ1) is 25.6. The summed E-state index contributed by atoms with van der Waals surface area (Å²) in [6.45, 7) is 8.39. The van der Waals surface area contributed by atoms with E-state index in [0.29, 0.717) is 67.5 Å². The number of benzene rings is 3. The Labute approximate surface area is 325 Å². The fourth-order valence-electron chi connectivity index (χ4n) is 3.97. The summed E-state index contributed by atoms with van der Waals surface area (Å²) >= 11 is 14.6. The molecule has 0 bridgehead atoms. The van der Waals surface area contributed by atoms with Gasteiger partial charge in [-0.3, -0.25) is 4.79 Å². The van der Waals surface area contributed by atoms with E-state index in [1.807, 2.05) is 18.2 Å². The van der Waals surface area contributed by atoms with E-state index in [-0.39, 0.29) is 41.3 Å². The van der Waals surface area contributed by atoms with Crippen LogP contribution in [0.1, 0.15) is 6.99 Å². The van der Waals surface area contributed by atoms with Crippen molar-refractivity contribution in [3.8, 4) is 18.1 Å². The zero-order chi connectivity index (χ0) is 38.3. The van der Waals surface area contributed by atoms with Gasteiger partial charge in [0.2, 0.25) is 22.5 Å². The molecule has 53 heavy (non-hydrogen) atoms. The van der Waals surface area contributed by atoms with Crippen molar-refractivity contribution >= 4 is 121 Å². The highest BCUT2D eigenvalue weighted by atomic mass is 35.5. The minimum absolute atomic E-state index is 0. The molecule has 5 aromatic rings. The molecule has 0 aliphatic rings. The van der Waals surface area contributed by atoms with E-state index in [9.17, 15) is 9.90 Å². The average Bonchev–Trinajstić information content (AvgIpc) is 3.13. The fourth-order valence-corrected chi connectivity index (χ4v) is 5.31. The lowest BCUT2D eigenvalue weighted by Gasteiger charge is -2.11. The maximum absolute atomic E-state index is 11.2. The van der Waals surface area contributed by atoms with E-state index < -0.39 is 5.12 Å². The molecule has 0 saturated carbocycles. The van der Waals surface area contributed by atoms with Gasteiger partial charge in [-0.15, -0.1) is 21.0 Å². The number of nitrogens with zero attached hydrogens (tertiary/aromatic N) is 9. The Morgan fingerprint density at radius 3 is 2.40 bits per heavy atom. The molecule has 0 atom stereocenters. The van der Waals surface area contributed by atoms with Crippen molar-refractivity contribution in [2.45, 2.75) is 17.0 Å². The SMILES string of the molecule is C#CC(=O)SOC=C.C=C=Nc1nc(Cl)nc(Nc2ccc3c(O)c(N=Nc4cc(Nc5nc(Cl)nc(SC)n5)ccc4SOOO)c(C)cc3c2)n1.[HH]. The number of aromatic nitrogens is 6. The van der Waals surface area contributed by atoms with Gasteiger partial charge in [0.15, 0.2) is 10.9 Å². The van der Waals surface area contributed by atoms with Gasteiger partial charge < -0.3 is 19.9 Å². The van der Waals surface area contributed by atoms with Crippen LogP contribution in [-0.2, 0) is 18.3 Å². The second-order valence-electron chi connectivity index (χ2n) is 9.38. The minimum Gasteiger partial charge on any atom is -0.505 e. The second-order valence-corrected chi connectivity index (χ2v) is 12.3. The number of rotatable bonds is 13. The van der Waals surface area contributed by atoms with Crippen LogP contribution in [0.3, 0.4) is 0 Å². The summed E-state index contributed by atoms with van der Waals surface area (Å²) in [7, 11) is 0. The lowest BCUT2D eigenvalue weighted by atomic mass is 10.0. The molecule has 0 unspecified atom stereocenters. The van der Waals surface area contributed by atoms with Crippen LogP contribution < -0.4 is 10.6 Å². The first kappa shape index (κ1) is 40.4. The lowest BCUT2D eigenvalue weighted by molar-refractivity contribution is -0.432. The van der Waals surface area contributed by atoms with Crippen LogP contribution >= 0.6 is 59.0 Å². The third kappa shape index (κ3) is 11.8. The second kappa shape index (κ2) is 20.1. The molecule has 0 amide bonds. The molecule has 0 aliphatic carbocycles. The highest BCUT2D eigenvalue weighted by Crippen LogP contribution is 2.41. The first-order valence-electron chi connectivity index (χ1n) is 14.1. The molecular weight excluding hydrogens is 790 g/mol. The van der Waals surface area contributed by atoms with Crippen molar-refractivity contribution in [1.82, 2.24) is 29.9 Å². The third-order valence-electron chi connectivity index (χ3n) is 6.01. The summed E-state index contributed by atoms with van der Waals surface area (Å²) in [6.07, 6.45) is 7.63. The third-order valence-corrected chi connectivity index (χ3v) is 8.06. The maximum Gasteiger partial charge on any atom is 0.301 e. The number of fused-ring (bicyclic) bond motifs is 1. The van der Waals surface area contributed by atoms with Crippen molar-refractivity contribution in [2.24, 2.45) is 15.2 Å². The van der Waals surface area contributed by atoms with E-state index in [2.05, 4.69) is 94.8 Å². The van der Waals surface area contributed by atoms with Crippen molar-refractivity contribution < 1.29 is 30.1 Å². The molecule has 3 aromatic carbocycles. The quantitative estimate of drug-likeness (QED) is 0.0127. The summed E-state index contributed by atoms with van der Waals surface area (Å²) < 4.78 is 8.99. The van der Waals surface area contributed by atoms with Crippen molar-refractivity contribution in [3.05, 3.63) is 78.0 Å². The lowest BCUT2D eigenvalue weighted by Crippen LogP contribution is -2.00. The Kier molecular flexibility index (Phi) is 15.3. The Morgan fingerprint density at radius 2 is 1.72 bits per heavy atom. The number of anilines is 4. The van der Waals surface area contributed by atoms with E-state index >= 15 is 0 Å². The molecule has 0 fully saturated rings. The molecule has 2 heterocycles. The number of carbonyl (C=O) groups excluding carboxylic acids is 1. The number of thioether (sulfide) groups is 1.